The molecule has 13 nitrogen and oxygen atoms in total. The van der Waals surface area contributed by atoms with E-state index in [1.807, 2.05) is 24.3 Å². The number of nitrogens with zero attached hydrogens (tertiary/aromatic N) is 2. The van der Waals surface area contributed by atoms with Gasteiger partial charge in [-0.3, -0.25) is 29.5 Å². The summed E-state index contributed by atoms with van der Waals surface area (Å²) in [6.07, 6.45) is 0.630. The normalized spacial score (nSPS) is 12.3. The molecule has 39 heavy (non-hydrogen) atoms. The number of benzene rings is 2. The summed E-state index contributed by atoms with van der Waals surface area (Å²) in [5.41, 5.74) is 17.7. The number of aromatic amines is 1. The first-order valence-corrected chi connectivity index (χ1v) is 12.8. The minimum Gasteiger partial charge on any atom is -0.370 e. The molecule has 0 bridgehead atoms. The third kappa shape index (κ3) is 7.95. The number of rotatable bonds is 13. The van der Waals surface area contributed by atoms with Crippen LogP contribution in [0.2, 0.25) is 0 Å². The predicted molar refractivity (Wildman–Crippen MR) is 148 cm³/mol. The number of H-pyrrole nitrogens is 1. The monoisotopic (exact) mass is 554 g/mol. The number of para-hydroxylation sites is 2. The van der Waals surface area contributed by atoms with E-state index in [0.29, 0.717) is 21.9 Å². The Morgan fingerprint density at radius 1 is 1.05 bits per heavy atom. The van der Waals surface area contributed by atoms with Gasteiger partial charge in [-0.15, -0.1) is 0 Å². The molecule has 3 aromatic rings. The van der Waals surface area contributed by atoms with Gasteiger partial charge in [-0.2, -0.15) is 0 Å². The van der Waals surface area contributed by atoms with Crippen LogP contribution in [0.15, 0.2) is 63.4 Å². The number of fused-ring (bicyclic) bond motifs is 1. The molecular weight excluding hydrogens is 524 g/mol. The highest BCUT2D eigenvalue weighted by molar-refractivity contribution is 7.99. The average Bonchev–Trinajstić information content (AvgIpc) is 3.21. The second kappa shape index (κ2) is 13.3. The van der Waals surface area contributed by atoms with E-state index in [0.717, 1.165) is 22.7 Å². The number of nitrogens with two attached hydrogens (primary N) is 3. The lowest BCUT2D eigenvalue weighted by molar-refractivity contribution is -0.387. The molecular formula is C25H30N8O5S. The van der Waals surface area contributed by atoms with Crippen LogP contribution in [-0.4, -0.2) is 52.2 Å². The maximum atomic E-state index is 13.1. The summed E-state index contributed by atoms with van der Waals surface area (Å²) in [5, 5.41) is 18.1. The zero-order valence-electron chi connectivity index (χ0n) is 21.2. The van der Waals surface area contributed by atoms with Crippen LogP contribution < -0.4 is 27.8 Å². The van der Waals surface area contributed by atoms with Crippen LogP contribution >= 0.6 is 11.8 Å². The average molecular weight is 555 g/mol. The molecule has 14 heteroatoms. The zero-order chi connectivity index (χ0) is 28.5. The molecule has 0 fully saturated rings. The number of nitro benzene ring substituents is 1. The van der Waals surface area contributed by atoms with Crippen LogP contribution in [0.3, 0.4) is 0 Å². The maximum Gasteiger partial charge on any atom is 0.283 e. The minimum absolute atomic E-state index is 0.00877. The van der Waals surface area contributed by atoms with Crippen molar-refractivity contribution in [2.75, 3.05) is 6.54 Å². The molecule has 0 saturated heterocycles. The number of primary amides is 1. The summed E-state index contributed by atoms with van der Waals surface area (Å²) in [5.74, 6) is -1.88. The maximum absolute atomic E-state index is 13.1. The Balaban J connectivity index is 1.88. The number of guanidine groups is 1. The fraction of sp³-hybridized carbons (Fsp3) is 0.280. The quantitative estimate of drug-likeness (QED) is 0.0592. The van der Waals surface area contributed by atoms with Gasteiger partial charge in [-0.25, -0.2) is 0 Å². The fourth-order valence-corrected chi connectivity index (χ4v) is 5.08. The molecule has 2 aromatic carbocycles. The molecule has 3 rings (SSSR count). The van der Waals surface area contributed by atoms with Crippen molar-refractivity contribution >= 4 is 52.0 Å². The summed E-state index contributed by atoms with van der Waals surface area (Å²) in [6.45, 7) is 1.53. The Hall–Kier alpha value is -4.59. The third-order valence-corrected chi connectivity index (χ3v) is 6.87. The number of nitro groups is 1. The van der Waals surface area contributed by atoms with Crippen molar-refractivity contribution in [2.24, 2.45) is 22.2 Å². The van der Waals surface area contributed by atoms with Gasteiger partial charge < -0.3 is 32.8 Å². The van der Waals surface area contributed by atoms with Crippen molar-refractivity contribution in [2.45, 2.75) is 48.2 Å². The second-order valence-electron chi connectivity index (χ2n) is 8.67. The molecule has 0 radical (unpaired) electrons. The van der Waals surface area contributed by atoms with Crippen LogP contribution in [0.25, 0.3) is 10.9 Å². The number of aliphatic imine (C=N–C) groups is 1. The smallest absolute Gasteiger partial charge is 0.283 e. The number of amides is 3. The molecule has 0 saturated carbocycles. The first-order chi connectivity index (χ1) is 18.6. The summed E-state index contributed by atoms with van der Waals surface area (Å²) >= 11 is 1.15. The molecule has 1 heterocycles. The van der Waals surface area contributed by atoms with E-state index in [2.05, 4.69) is 20.6 Å². The molecule has 3 amide bonds. The second-order valence-corrected chi connectivity index (χ2v) is 9.73. The van der Waals surface area contributed by atoms with Crippen molar-refractivity contribution in [1.82, 2.24) is 15.6 Å². The highest BCUT2D eigenvalue weighted by Crippen LogP contribution is 2.39. The van der Waals surface area contributed by atoms with Gasteiger partial charge >= 0.3 is 0 Å². The van der Waals surface area contributed by atoms with E-state index >= 15 is 0 Å². The Morgan fingerprint density at radius 3 is 2.41 bits per heavy atom. The topological polar surface area (TPSA) is 225 Å². The van der Waals surface area contributed by atoms with Gasteiger partial charge in [-0.1, -0.05) is 42.1 Å². The number of hydrogen-bond acceptors (Lipinski definition) is 7. The number of aromatic nitrogens is 1. The Morgan fingerprint density at radius 2 is 1.74 bits per heavy atom. The van der Waals surface area contributed by atoms with E-state index in [-0.39, 0.29) is 31.0 Å². The van der Waals surface area contributed by atoms with Gasteiger partial charge in [0.25, 0.3) is 5.69 Å². The molecule has 1 aromatic heterocycles. The van der Waals surface area contributed by atoms with Crippen LogP contribution in [0.1, 0.15) is 25.3 Å². The summed E-state index contributed by atoms with van der Waals surface area (Å²) in [6, 6.07) is 11.6. The number of carbonyl (C=O) groups is 3. The molecule has 0 spiro atoms. The molecule has 206 valence electrons. The molecule has 2 atom stereocenters. The molecule has 9 N–H and O–H groups in total. The van der Waals surface area contributed by atoms with E-state index in [1.54, 1.807) is 18.2 Å². The van der Waals surface area contributed by atoms with Crippen LogP contribution in [0.5, 0.6) is 0 Å². The Bertz CT molecular complexity index is 1400. The van der Waals surface area contributed by atoms with Gasteiger partial charge in [0.1, 0.15) is 12.1 Å². The summed E-state index contributed by atoms with van der Waals surface area (Å²) in [7, 11) is 0. The fourth-order valence-electron chi connectivity index (χ4n) is 3.99. The number of hydrogen-bond donors (Lipinski definition) is 6. The Kier molecular flexibility index (Phi) is 9.86. The molecule has 0 unspecified atom stereocenters. The summed E-state index contributed by atoms with van der Waals surface area (Å²) < 4.78 is 0. The first-order valence-electron chi connectivity index (χ1n) is 12.0. The van der Waals surface area contributed by atoms with E-state index in [4.69, 9.17) is 17.2 Å². The number of carbonyl (C=O) groups excluding carboxylic acids is 3. The lowest BCUT2D eigenvalue weighted by atomic mass is 10.0. The zero-order valence-corrected chi connectivity index (χ0v) is 22.0. The Labute approximate surface area is 228 Å². The first kappa shape index (κ1) is 29.0. The third-order valence-electron chi connectivity index (χ3n) is 5.76. The van der Waals surface area contributed by atoms with Crippen LogP contribution in [-0.2, 0) is 20.8 Å². The van der Waals surface area contributed by atoms with Gasteiger partial charge in [0.2, 0.25) is 17.7 Å². The van der Waals surface area contributed by atoms with Crippen molar-refractivity contribution < 1.29 is 19.3 Å². The van der Waals surface area contributed by atoms with Gasteiger partial charge in [0, 0.05) is 36.9 Å². The van der Waals surface area contributed by atoms with Crippen molar-refractivity contribution in [3.05, 3.63) is 64.2 Å². The predicted octanol–water partition coefficient (Wildman–Crippen LogP) is 1.30. The molecule has 0 aliphatic rings. The van der Waals surface area contributed by atoms with E-state index < -0.39 is 34.7 Å². The van der Waals surface area contributed by atoms with Gasteiger partial charge in [0.15, 0.2) is 5.96 Å². The van der Waals surface area contributed by atoms with Crippen molar-refractivity contribution in [1.29, 1.82) is 0 Å². The highest BCUT2D eigenvalue weighted by Gasteiger charge is 2.27. The SMILES string of the molecule is CC(=O)N[C@@H](CCCN=C(N)N)C(=O)N[C@@H](Cc1c(Sc2ccccc2[N+](=O)[O-])[nH]c2ccccc12)C(N)=O. The highest BCUT2D eigenvalue weighted by atomic mass is 32.2. The largest absolute Gasteiger partial charge is 0.370 e. The van der Waals surface area contributed by atoms with Gasteiger partial charge in [0.05, 0.1) is 14.8 Å². The van der Waals surface area contributed by atoms with Crippen molar-refractivity contribution in [3.8, 4) is 0 Å². The van der Waals surface area contributed by atoms with Gasteiger partial charge in [-0.05, 0) is 30.5 Å². The standard InChI is InChI=1S/C25H30N8O5S/c1-14(34)30-18(9-6-12-29-25(27)28)23(36)31-19(22(26)35)13-16-15-7-2-3-8-17(15)32-24(16)39-21-11-5-4-10-20(21)33(37)38/h2-5,7-8,10-11,18-19,32H,6,9,12-13H2,1H3,(H2,26,35)(H,30,34)(H,31,36)(H4,27,28,29)/t18-,19-/m0/s1. The minimum atomic E-state index is -1.13. The van der Waals surface area contributed by atoms with Crippen molar-refractivity contribution in [3.63, 3.8) is 0 Å². The molecule has 0 aliphatic carbocycles. The lowest BCUT2D eigenvalue weighted by Gasteiger charge is -2.21. The molecule has 0 aliphatic heterocycles. The number of nitrogens with one attached hydrogen (secondary N) is 3. The summed E-state index contributed by atoms with van der Waals surface area (Å²) in [4.78, 5) is 55.9. The van der Waals surface area contributed by atoms with Crippen LogP contribution in [0, 0.1) is 10.1 Å². The van der Waals surface area contributed by atoms with Crippen LogP contribution in [0.4, 0.5) is 5.69 Å². The lowest BCUT2D eigenvalue weighted by Crippen LogP contribution is -2.53. The van der Waals surface area contributed by atoms with E-state index in [9.17, 15) is 24.5 Å². The van der Waals surface area contributed by atoms with E-state index in [1.165, 1.54) is 13.0 Å².